The van der Waals surface area contributed by atoms with Crippen LogP contribution < -0.4 is 5.32 Å². The summed E-state index contributed by atoms with van der Waals surface area (Å²) in [5.74, 6) is 1.98. The minimum absolute atomic E-state index is 0.725. The minimum atomic E-state index is 0.725. The lowest BCUT2D eigenvalue weighted by Crippen LogP contribution is -2.33. The Hall–Kier alpha value is -0.0400. The van der Waals surface area contributed by atoms with Crippen molar-refractivity contribution in [2.75, 3.05) is 7.05 Å². The highest BCUT2D eigenvalue weighted by atomic mass is 14.9. The van der Waals surface area contributed by atoms with Crippen LogP contribution in [0.2, 0.25) is 0 Å². The van der Waals surface area contributed by atoms with Crippen molar-refractivity contribution in [2.45, 2.75) is 52.0 Å². The Kier molecular flexibility index (Phi) is 4.07. The highest BCUT2D eigenvalue weighted by molar-refractivity contribution is 4.77. The van der Waals surface area contributed by atoms with E-state index in [1.807, 2.05) is 0 Å². The van der Waals surface area contributed by atoms with Crippen molar-refractivity contribution in [1.29, 1.82) is 0 Å². The molecule has 1 aliphatic carbocycles. The third-order valence-corrected chi connectivity index (χ3v) is 3.63. The van der Waals surface area contributed by atoms with Crippen LogP contribution in [0.5, 0.6) is 0 Å². The lowest BCUT2D eigenvalue weighted by atomic mass is 9.78. The van der Waals surface area contributed by atoms with Gasteiger partial charge in [-0.25, -0.2) is 0 Å². The Morgan fingerprint density at radius 2 is 1.83 bits per heavy atom. The van der Waals surface area contributed by atoms with Crippen molar-refractivity contribution in [2.24, 2.45) is 11.8 Å². The summed E-state index contributed by atoms with van der Waals surface area (Å²) in [6, 6.07) is 0.725. The molecule has 72 valence electrons. The normalized spacial score (nSPS) is 33.2. The van der Waals surface area contributed by atoms with Crippen LogP contribution in [-0.2, 0) is 0 Å². The molecular weight excluding hydrogens is 146 g/mol. The molecule has 1 N–H and O–H groups in total. The van der Waals surface area contributed by atoms with Crippen molar-refractivity contribution in [3.8, 4) is 0 Å². The van der Waals surface area contributed by atoms with Crippen molar-refractivity contribution < 1.29 is 0 Å². The first-order valence-electron chi connectivity index (χ1n) is 5.45. The zero-order valence-corrected chi connectivity index (χ0v) is 8.77. The minimum Gasteiger partial charge on any atom is -0.317 e. The molecule has 0 bridgehead atoms. The van der Waals surface area contributed by atoms with E-state index in [0.29, 0.717) is 0 Å². The zero-order chi connectivity index (χ0) is 8.97. The molecule has 1 saturated carbocycles. The molecule has 1 heteroatoms. The predicted octanol–water partition coefficient (Wildman–Crippen LogP) is 2.81. The van der Waals surface area contributed by atoms with Crippen LogP contribution in [-0.4, -0.2) is 13.1 Å². The highest BCUT2D eigenvalue weighted by Crippen LogP contribution is 2.32. The number of nitrogens with one attached hydrogen (secondary N) is 1. The molecule has 1 aliphatic rings. The second-order valence-corrected chi connectivity index (χ2v) is 4.27. The van der Waals surface area contributed by atoms with E-state index < -0.39 is 0 Å². The lowest BCUT2D eigenvalue weighted by molar-refractivity contribution is 0.231. The quantitative estimate of drug-likeness (QED) is 0.685. The molecule has 0 aromatic rings. The van der Waals surface area contributed by atoms with Crippen LogP contribution >= 0.6 is 0 Å². The van der Waals surface area contributed by atoms with Crippen molar-refractivity contribution in [3.05, 3.63) is 0 Å². The summed E-state index contributed by atoms with van der Waals surface area (Å²) in [7, 11) is 2.08. The van der Waals surface area contributed by atoms with Gasteiger partial charge in [-0.2, -0.15) is 0 Å². The molecule has 0 amide bonds. The van der Waals surface area contributed by atoms with Crippen LogP contribution in [0.3, 0.4) is 0 Å². The first kappa shape index (κ1) is 10.0. The molecule has 0 aromatic heterocycles. The predicted molar refractivity (Wildman–Crippen MR) is 54.3 cm³/mol. The highest BCUT2D eigenvalue weighted by Gasteiger charge is 2.23. The maximum absolute atomic E-state index is 3.37. The van der Waals surface area contributed by atoms with Crippen molar-refractivity contribution in [3.63, 3.8) is 0 Å². The summed E-state index contributed by atoms with van der Waals surface area (Å²) < 4.78 is 0. The zero-order valence-electron chi connectivity index (χ0n) is 8.77. The topological polar surface area (TPSA) is 12.0 Å². The Bertz CT molecular complexity index is 114. The molecule has 1 fully saturated rings. The van der Waals surface area contributed by atoms with Crippen LogP contribution in [0.15, 0.2) is 0 Å². The smallest absolute Gasteiger partial charge is 0.00640 e. The Labute approximate surface area is 76.9 Å². The maximum Gasteiger partial charge on any atom is 0.00640 e. The third-order valence-electron chi connectivity index (χ3n) is 3.63. The molecule has 1 unspecified atom stereocenters. The molecule has 1 atom stereocenters. The van der Waals surface area contributed by atoms with Gasteiger partial charge in [0.2, 0.25) is 0 Å². The largest absolute Gasteiger partial charge is 0.317 e. The summed E-state index contributed by atoms with van der Waals surface area (Å²) in [6.45, 7) is 4.64. The summed E-state index contributed by atoms with van der Waals surface area (Å²) in [5.41, 5.74) is 0. The van der Waals surface area contributed by atoms with Gasteiger partial charge >= 0.3 is 0 Å². The van der Waals surface area contributed by atoms with Gasteiger partial charge in [-0.1, -0.05) is 26.2 Å². The number of hydrogen-bond acceptors (Lipinski definition) is 1. The van der Waals surface area contributed by atoms with E-state index in [0.717, 1.165) is 17.9 Å². The third kappa shape index (κ3) is 2.48. The molecular formula is C11H23N. The molecule has 1 rings (SSSR count). The maximum atomic E-state index is 3.37. The summed E-state index contributed by atoms with van der Waals surface area (Å²) in [4.78, 5) is 0. The molecule has 0 spiro atoms. The van der Waals surface area contributed by atoms with E-state index in [-0.39, 0.29) is 0 Å². The van der Waals surface area contributed by atoms with Crippen LogP contribution in [0, 0.1) is 11.8 Å². The molecule has 12 heavy (non-hydrogen) atoms. The van der Waals surface area contributed by atoms with Gasteiger partial charge in [-0.3, -0.25) is 0 Å². The van der Waals surface area contributed by atoms with Gasteiger partial charge in [0.05, 0.1) is 0 Å². The van der Waals surface area contributed by atoms with Crippen molar-refractivity contribution >= 4 is 0 Å². The molecule has 0 saturated heterocycles. The van der Waals surface area contributed by atoms with Gasteiger partial charge in [0.15, 0.2) is 0 Å². The Balaban J connectivity index is 2.25. The lowest BCUT2D eigenvalue weighted by Gasteiger charge is -2.31. The number of rotatable bonds is 3. The standard InChI is InChI=1S/C11H23N/c1-4-10-5-7-11(8-6-10)9(2)12-3/h9-12H,4-8H2,1-3H3. The van der Waals surface area contributed by atoms with Gasteiger partial charge in [0.1, 0.15) is 0 Å². The molecule has 0 aliphatic heterocycles. The fraction of sp³-hybridized carbons (Fsp3) is 1.00. The summed E-state index contributed by atoms with van der Waals surface area (Å²) in [5, 5.41) is 3.37. The summed E-state index contributed by atoms with van der Waals surface area (Å²) >= 11 is 0. The van der Waals surface area contributed by atoms with E-state index in [2.05, 4.69) is 26.2 Å². The van der Waals surface area contributed by atoms with Crippen LogP contribution in [0.1, 0.15) is 46.0 Å². The van der Waals surface area contributed by atoms with Crippen LogP contribution in [0.4, 0.5) is 0 Å². The van der Waals surface area contributed by atoms with E-state index in [4.69, 9.17) is 0 Å². The molecule has 0 radical (unpaired) electrons. The Morgan fingerprint density at radius 3 is 2.25 bits per heavy atom. The SMILES string of the molecule is CCC1CCC(C(C)NC)CC1. The van der Waals surface area contributed by atoms with E-state index in [9.17, 15) is 0 Å². The fourth-order valence-corrected chi connectivity index (χ4v) is 2.33. The monoisotopic (exact) mass is 169 g/mol. The summed E-state index contributed by atoms with van der Waals surface area (Å²) in [6.07, 6.45) is 7.21. The second kappa shape index (κ2) is 4.86. The Morgan fingerprint density at radius 1 is 1.25 bits per heavy atom. The first-order valence-corrected chi connectivity index (χ1v) is 5.45. The average Bonchev–Trinajstić information content (AvgIpc) is 2.17. The van der Waals surface area contributed by atoms with Gasteiger partial charge in [-0.15, -0.1) is 0 Å². The van der Waals surface area contributed by atoms with Crippen molar-refractivity contribution in [1.82, 2.24) is 5.32 Å². The van der Waals surface area contributed by atoms with Crippen LogP contribution in [0.25, 0.3) is 0 Å². The van der Waals surface area contributed by atoms with Gasteiger partial charge in [-0.05, 0) is 38.6 Å². The fourth-order valence-electron chi connectivity index (χ4n) is 2.33. The van der Waals surface area contributed by atoms with Gasteiger partial charge < -0.3 is 5.32 Å². The first-order chi connectivity index (χ1) is 5.77. The molecule has 1 nitrogen and oxygen atoms in total. The molecule has 0 aromatic carbocycles. The number of hydrogen-bond donors (Lipinski definition) is 1. The van der Waals surface area contributed by atoms with E-state index >= 15 is 0 Å². The van der Waals surface area contributed by atoms with Gasteiger partial charge in [0, 0.05) is 6.04 Å². The second-order valence-electron chi connectivity index (χ2n) is 4.27. The van der Waals surface area contributed by atoms with Gasteiger partial charge in [0.25, 0.3) is 0 Å². The van der Waals surface area contributed by atoms with E-state index in [1.165, 1.54) is 32.1 Å². The molecule has 0 heterocycles. The van der Waals surface area contributed by atoms with E-state index in [1.54, 1.807) is 0 Å². The average molecular weight is 169 g/mol.